The molecule has 1 unspecified atom stereocenters. The molecule has 26 heavy (non-hydrogen) atoms. The smallest absolute Gasteiger partial charge is 0.253 e. The lowest BCUT2D eigenvalue weighted by atomic mass is 10.2. The third kappa shape index (κ3) is 3.77. The maximum Gasteiger partial charge on any atom is 0.253 e. The van der Waals surface area contributed by atoms with Gasteiger partial charge in [-0.05, 0) is 12.1 Å². The lowest BCUT2D eigenvalue weighted by Gasteiger charge is -2.27. The summed E-state index contributed by atoms with van der Waals surface area (Å²) >= 11 is 0. The van der Waals surface area contributed by atoms with Gasteiger partial charge in [0.25, 0.3) is 5.91 Å². The third-order valence-corrected chi connectivity index (χ3v) is 4.70. The Bertz CT molecular complexity index is 749. The predicted octanol–water partition coefficient (Wildman–Crippen LogP) is 1.61. The average Bonchev–Trinajstić information content (AvgIpc) is 3.17. The van der Waals surface area contributed by atoms with Crippen LogP contribution in [0.1, 0.15) is 16.8 Å². The first-order chi connectivity index (χ1) is 12.8. The van der Waals surface area contributed by atoms with Gasteiger partial charge in [-0.25, -0.2) is 9.97 Å². The molecule has 2 saturated heterocycles. The van der Waals surface area contributed by atoms with Crippen LogP contribution in [-0.2, 0) is 4.74 Å². The van der Waals surface area contributed by atoms with Crippen molar-refractivity contribution in [2.24, 2.45) is 0 Å². The number of morpholine rings is 1. The molecular formula is C19H22N4O3. The number of amides is 1. The van der Waals surface area contributed by atoms with E-state index in [2.05, 4.69) is 14.9 Å². The van der Waals surface area contributed by atoms with Gasteiger partial charge in [-0.1, -0.05) is 18.2 Å². The number of hydrogen-bond acceptors (Lipinski definition) is 6. The van der Waals surface area contributed by atoms with Gasteiger partial charge >= 0.3 is 0 Å². The van der Waals surface area contributed by atoms with E-state index in [1.807, 2.05) is 41.3 Å². The second kappa shape index (κ2) is 7.70. The van der Waals surface area contributed by atoms with E-state index >= 15 is 0 Å². The number of aromatic nitrogens is 2. The number of carbonyl (C=O) groups excluding carboxylic acids is 1. The molecule has 0 aliphatic carbocycles. The van der Waals surface area contributed by atoms with Gasteiger partial charge in [0.1, 0.15) is 18.2 Å². The lowest BCUT2D eigenvalue weighted by molar-refractivity contribution is 0.0771. The molecule has 0 spiro atoms. The van der Waals surface area contributed by atoms with E-state index in [0.29, 0.717) is 37.7 Å². The van der Waals surface area contributed by atoms with Crippen LogP contribution in [0.4, 0.5) is 5.82 Å². The normalized spacial score (nSPS) is 20.2. The molecule has 1 amide bonds. The number of hydrogen-bond donors (Lipinski definition) is 0. The first kappa shape index (κ1) is 16.8. The van der Waals surface area contributed by atoms with Crippen LogP contribution in [0.25, 0.3) is 0 Å². The van der Waals surface area contributed by atoms with Crippen LogP contribution in [0.5, 0.6) is 5.88 Å². The number of likely N-dealkylation sites (tertiary alicyclic amines) is 1. The number of ether oxygens (including phenoxy) is 2. The summed E-state index contributed by atoms with van der Waals surface area (Å²) in [5, 5.41) is 0. The van der Waals surface area contributed by atoms with Gasteiger partial charge in [0.2, 0.25) is 5.88 Å². The second-order valence-corrected chi connectivity index (χ2v) is 6.46. The molecular weight excluding hydrogens is 332 g/mol. The molecule has 1 aromatic heterocycles. The Hall–Kier alpha value is -2.67. The number of carbonyl (C=O) groups is 1. The Kier molecular flexibility index (Phi) is 4.97. The first-order valence-corrected chi connectivity index (χ1v) is 8.95. The second-order valence-electron chi connectivity index (χ2n) is 6.46. The van der Waals surface area contributed by atoms with Crippen LogP contribution in [0.15, 0.2) is 42.7 Å². The SMILES string of the molecule is O=C(c1ccccc1)N1CCC(Oc2cc(N3CCOCC3)ncn2)C1. The van der Waals surface area contributed by atoms with Crippen molar-refractivity contribution in [3.8, 4) is 5.88 Å². The molecule has 1 atom stereocenters. The fraction of sp³-hybridized carbons (Fsp3) is 0.421. The third-order valence-electron chi connectivity index (χ3n) is 4.70. The molecule has 2 aliphatic heterocycles. The maximum absolute atomic E-state index is 12.5. The highest BCUT2D eigenvalue weighted by atomic mass is 16.5. The van der Waals surface area contributed by atoms with Crippen molar-refractivity contribution >= 4 is 11.7 Å². The van der Waals surface area contributed by atoms with Crippen molar-refractivity contribution in [2.75, 3.05) is 44.3 Å². The predicted molar refractivity (Wildman–Crippen MR) is 96.4 cm³/mol. The largest absolute Gasteiger partial charge is 0.472 e. The van der Waals surface area contributed by atoms with Crippen molar-refractivity contribution in [1.82, 2.24) is 14.9 Å². The fourth-order valence-electron chi connectivity index (χ4n) is 3.30. The summed E-state index contributed by atoms with van der Waals surface area (Å²) in [5.74, 6) is 1.46. The van der Waals surface area contributed by atoms with Crippen molar-refractivity contribution in [3.05, 3.63) is 48.3 Å². The molecule has 2 aromatic rings. The van der Waals surface area contributed by atoms with E-state index in [4.69, 9.17) is 9.47 Å². The lowest BCUT2D eigenvalue weighted by Crippen LogP contribution is -2.36. The summed E-state index contributed by atoms with van der Waals surface area (Å²) < 4.78 is 11.4. The monoisotopic (exact) mass is 354 g/mol. The molecule has 7 nitrogen and oxygen atoms in total. The molecule has 136 valence electrons. The highest BCUT2D eigenvalue weighted by Crippen LogP contribution is 2.21. The van der Waals surface area contributed by atoms with Crippen LogP contribution in [-0.4, -0.2) is 66.3 Å². The summed E-state index contributed by atoms with van der Waals surface area (Å²) in [7, 11) is 0. The Morgan fingerprint density at radius 3 is 2.73 bits per heavy atom. The van der Waals surface area contributed by atoms with Crippen molar-refractivity contribution in [1.29, 1.82) is 0 Å². The van der Waals surface area contributed by atoms with Gasteiger partial charge in [-0.2, -0.15) is 0 Å². The zero-order chi connectivity index (χ0) is 17.8. The molecule has 7 heteroatoms. The van der Waals surface area contributed by atoms with E-state index in [1.165, 1.54) is 6.33 Å². The van der Waals surface area contributed by atoms with Gasteiger partial charge in [-0.3, -0.25) is 4.79 Å². The molecule has 0 saturated carbocycles. The van der Waals surface area contributed by atoms with E-state index in [-0.39, 0.29) is 12.0 Å². The number of anilines is 1. The molecule has 3 heterocycles. The van der Waals surface area contributed by atoms with E-state index in [0.717, 1.165) is 25.3 Å². The number of nitrogens with zero attached hydrogens (tertiary/aromatic N) is 4. The fourth-order valence-corrected chi connectivity index (χ4v) is 3.30. The van der Waals surface area contributed by atoms with Crippen molar-refractivity contribution in [2.45, 2.75) is 12.5 Å². The summed E-state index contributed by atoms with van der Waals surface area (Å²) in [5.41, 5.74) is 0.713. The Morgan fingerprint density at radius 1 is 1.12 bits per heavy atom. The Morgan fingerprint density at radius 2 is 1.92 bits per heavy atom. The van der Waals surface area contributed by atoms with Crippen LogP contribution in [0.2, 0.25) is 0 Å². The summed E-state index contributed by atoms with van der Waals surface area (Å²) in [6, 6.07) is 11.2. The molecule has 2 fully saturated rings. The average molecular weight is 354 g/mol. The van der Waals surface area contributed by atoms with Gasteiger partial charge in [0.15, 0.2) is 0 Å². The summed E-state index contributed by atoms with van der Waals surface area (Å²) in [4.78, 5) is 25.1. The zero-order valence-electron chi connectivity index (χ0n) is 14.6. The minimum Gasteiger partial charge on any atom is -0.472 e. The topological polar surface area (TPSA) is 67.8 Å². The van der Waals surface area contributed by atoms with Gasteiger partial charge in [-0.15, -0.1) is 0 Å². The van der Waals surface area contributed by atoms with Crippen LogP contribution < -0.4 is 9.64 Å². The number of rotatable bonds is 4. The van der Waals surface area contributed by atoms with Gasteiger partial charge in [0, 0.05) is 37.7 Å². The standard InChI is InChI=1S/C19H22N4O3/c24-19(15-4-2-1-3-5-15)23-7-6-16(13-23)26-18-12-17(20-14-21-18)22-8-10-25-11-9-22/h1-5,12,14,16H,6-11,13H2. The van der Waals surface area contributed by atoms with Crippen LogP contribution >= 0.6 is 0 Å². The molecule has 1 aromatic carbocycles. The Labute approximate surface area is 152 Å². The van der Waals surface area contributed by atoms with Crippen molar-refractivity contribution in [3.63, 3.8) is 0 Å². The van der Waals surface area contributed by atoms with Gasteiger partial charge < -0.3 is 19.3 Å². The van der Waals surface area contributed by atoms with Crippen LogP contribution in [0.3, 0.4) is 0 Å². The van der Waals surface area contributed by atoms with Gasteiger partial charge in [0.05, 0.1) is 19.8 Å². The number of benzene rings is 1. The molecule has 2 aliphatic rings. The highest BCUT2D eigenvalue weighted by Gasteiger charge is 2.28. The van der Waals surface area contributed by atoms with E-state index in [1.54, 1.807) is 0 Å². The highest BCUT2D eigenvalue weighted by molar-refractivity contribution is 5.94. The van der Waals surface area contributed by atoms with E-state index in [9.17, 15) is 4.79 Å². The molecule has 0 N–H and O–H groups in total. The zero-order valence-corrected chi connectivity index (χ0v) is 14.6. The molecule has 0 radical (unpaired) electrons. The van der Waals surface area contributed by atoms with E-state index < -0.39 is 0 Å². The summed E-state index contributed by atoms with van der Waals surface area (Å²) in [6.45, 7) is 4.32. The minimum absolute atomic E-state index is 0.0462. The quantitative estimate of drug-likeness (QED) is 0.831. The first-order valence-electron chi connectivity index (χ1n) is 8.95. The Balaban J connectivity index is 1.37. The molecule has 0 bridgehead atoms. The van der Waals surface area contributed by atoms with Crippen LogP contribution in [0, 0.1) is 0 Å². The van der Waals surface area contributed by atoms with Crippen molar-refractivity contribution < 1.29 is 14.3 Å². The summed E-state index contributed by atoms with van der Waals surface area (Å²) in [6.07, 6.45) is 2.28. The minimum atomic E-state index is -0.0462. The maximum atomic E-state index is 12.5. The molecule has 4 rings (SSSR count).